The van der Waals surface area contributed by atoms with Crippen LogP contribution in [0.1, 0.15) is 21.5 Å². The lowest BCUT2D eigenvalue weighted by molar-refractivity contribution is -0.127. The summed E-state index contributed by atoms with van der Waals surface area (Å²) in [6.07, 6.45) is 1.55. The lowest BCUT2D eigenvalue weighted by Gasteiger charge is -2.13. The van der Waals surface area contributed by atoms with E-state index in [-0.39, 0.29) is 17.1 Å². The van der Waals surface area contributed by atoms with Gasteiger partial charge in [0.05, 0.1) is 17.6 Å². The normalized spacial score (nSPS) is 14.1. The van der Waals surface area contributed by atoms with Crippen LogP contribution in [0.25, 0.3) is 6.08 Å². The number of rotatable bonds is 9. The Morgan fingerprint density at radius 3 is 2.38 bits per heavy atom. The molecule has 0 aromatic heterocycles. The Morgan fingerprint density at radius 2 is 1.70 bits per heavy atom. The third-order valence-corrected chi connectivity index (χ3v) is 6.26. The Balaban J connectivity index is 1.42. The second kappa shape index (κ2) is 11.4. The molecule has 0 atom stereocenters. The van der Waals surface area contributed by atoms with Gasteiger partial charge in [0.1, 0.15) is 24.7 Å². The number of aromatic carboxylic acids is 1. The zero-order chi connectivity index (χ0) is 26.4. The minimum absolute atomic E-state index is 0.170. The highest BCUT2D eigenvalue weighted by Crippen LogP contribution is 2.34. The van der Waals surface area contributed by atoms with Crippen molar-refractivity contribution in [1.29, 1.82) is 0 Å². The maximum absolute atomic E-state index is 12.9. The van der Waals surface area contributed by atoms with Crippen molar-refractivity contribution in [3.8, 4) is 11.5 Å². The molecule has 1 fully saturated rings. The van der Waals surface area contributed by atoms with Crippen molar-refractivity contribution < 1.29 is 33.8 Å². The van der Waals surface area contributed by atoms with Crippen LogP contribution in [0.5, 0.6) is 11.5 Å². The number of nitrogens with one attached hydrogen (secondary N) is 1. The summed E-state index contributed by atoms with van der Waals surface area (Å²) in [5.41, 5.74) is 2.04. The van der Waals surface area contributed by atoms with Crippen LogP contribution in [0.3, 0.4) is 0 Å². The average molecular weight is 519 g/mol. The zero-order valence-electron chi connectivity index (χ0n) is 19.7. The van der Waals surface area contributed by atoms with Crippen LogP contribution in [0.15, 0.2) is 77.7 Å². The second-order valence-electron chi connectivity index (χ2n) is 7.87. The van der Waals surface area contributed by atoms with E-state index in [1.807, 2.05) is 0 Å². The van der Waals surface area contributed by atoms with Gasteiger partial charge in [-0.2, -0.15) is 0 Å². The van der Waals surface area contributed by atoms with Crippen LogP contribution in [0.2, 0.25) is 0 Å². The van der Waals surface area contributed by atoms with E-state index in [2.05, 4.69) is 5.32 Å². The minimum Gasteiger partial charge on any atom is -0.497 e. The van der Waals surface area contributed by atoms with Crippen LogP contribution < -0.4 is 14.8 Å². The number of nitrogens with zero attached hydrogens (tertiary/aromatic N) is 1. The number of thioether (sulfide) groups is 1. The van der Waals surface area contributed by atoms with Gasteiger partial charge in [0.15, 0.2) is 0 Å². The predicted octanol–water partition coefficient (Wildman–Crippen LogP) is 4.65. The second-order valence-corrected chi connectivity index (χ2v) is 8.87. The highest BCUT2D eigenvalue weighted by molar-refractivity contribution is 8.18. The minimum atomic E-state index is -1.01. The number of carboxylic acids is 1. The van der Waals surface area contributed by atoms with Gasteiger partial charge in [-0.3, -0.25) is 19.3 Å². The van der Waals surface area contributed by atoms with E-state index in [0.29, 0.717) is 22.7 Å². The summed E-state index contributed by atoms with van der Waals surface area (Å²) < 4.78 is 11.0. The quantitative estimate of drug-likeness (QED) is 0.393. The summed E-state index contributed by atoms with van der Waals surface area (Å²) in [7, 11) is 1.53. The third kappa shape index (κ3) is 6.36. The van der Waals surface area contributed by atoms with Crippen LogP contribution in [-0.4, -0.2) is 46.7 Å². The largest absolute Gasteiger partial charge is 0.497 e. The molecular formula is C27H22N2O7S. The van der Waals surface area contributed by atoms with Crippen LogP contribution in [0.4, 0.5) is 10.5 Å². The van der Waals surface area contributed by atoms with Gasteiger partial charge >= 0.3 is 5.97 Å². The number of ether oxygens (including phenoxy) is 2. The highest BCUT2D eigenvalue weighted by Gasteiger charge is 2.36. The molecule has 0 aliphatic carbocycles. The summed E-state index contributed by atoms with van der Waals surface area (Å²) >= 11 is 0.748. The fraction of sp³-hybridized carbons (Fsp3) is 0.111. The molecule has 4 rings (SSSR count). The molecule has 0 bridgehead atoms. The smallest absolute Gasteiger partial charge is 0.335 e. The fourth-order valence-electron chi connectivity index (χ4n) is 3.43. The molecular weight excluding hydrogens is 496 g/mol. The topological polar surface area (TPSA) is 122 Å². The summed E-state index contributed by atoms with van der Waals surface area (Å²) in [6.45, 7) is -0.240. The molecule has 0 unspecified atom stereocenters. The molecule has 0 spiro atoms. The van der Waals surface area contributed by atoms with E-state index in [4.69, 9.17) is 14.6 Å². The van der Waals surface area contributed by atoms with Gasteiger partial charge < -0.3 is 19.9 Å². The maximum atomic E-state index is 12.9. The Hall–Kier alpha value is -4.57. The van der Waals surface area contributed by atoms with Crippen molar-refractivity contribution in [2.24, 2.45) is 0 Å². The van der Waals surface area contributed by atoms with Crippen molar-refractivity contribution in [2.45, 2.75) is 6.61 Å². The van der Waals surface area contributed by atoms with Gasteiger partial charge in [-0.15, -0.1) is 0 Å². The third-order valence-electron chi connectivity index (χ3n) is 5.35. The molecule has 1 aliphatic heterocycles. The standard InChI is InChI=1S/C27H22N2O7S/c1-35-21-12-10-20(11-13-21)28-24(30)15-29-25(31)23(37-27(29)34)14-19-4-2-3-5-22(19)36-16-17-6-8-18(9-7-17)26(32)33/h2-14H,15-16H2,1H3,(H,28,30)(H,32,33)/b23-14-. The number of anilines is 1. The number of carboxylic acid groups (broad SMARTS) is 1. The number of imide groups is 1. The molecule has 37 heavy (non-hydrogen) atoms. The van der Waals surface area contributed by atoms with Crippen molar-refractivity contribution in [3.05, 3.63) is 94.4 Å². The molecule has 3 aromatic carbocycles. The summed E-state index contributed by atoms with van der Waals surface area (Å²) in [5.74, 6) is -0.974. The molecule has 0 saturated carbocycles. The number of methoxy groups -OCH3 is 1. The molecule has 1 saturated heterocycles. The Morgan fingerprint density at radius 1 is 1.00 bits per heavy atom. The summed E-state index contributed by atoms with van der Waals surface area (Å²) in [5, 5.41) is 11.1. The Labute approximate surface area is 216 Å². The maximum Gasteiger partial charge on any atom is 0.335 e. The SMILES string of the molecule is COc1ccc(NC(=O)CN2C(=O)S/C(=C\c3ccccc3OCc3ccc(C(=O)O)cc3)C2=O)cc1. The highest BCUT2D eigenvalue weighted by atomic mass is 32.2. The van der Waals surface area contributed by atoms with E-state index in [1.165, 1.54) is 19.2 Å². The molecule has 0 radical (unpaired) electrons. The van der Waals surface area contributed by atoms with Crippen molar-refractivity contribution in [2.75, 3.05) is 19.0 Å². The van der Waals surface area contributed by atoms with Gasteiger partial charge in [0.2, 0.25) is 5.91 Å². The van der Waals surface area contributed by atoms with Gasteiger partial charge in [-0.25, -0.2) is 4.79 Å². The average Bonchev–Trinajstić information content (AvgIpc) is 3.16. The first-order valence-electron chi connectivity index (χ1n) is 11.1. The number of benzene rings is 3. The van der Waals surface area contributed by atoms with E-state index >= 15 is 0 Å². The molecule has 188 valence electrons. The van der Waals surface area contributed by atoms with Crippen molar-refractivity contribution in [1.82, 2.24) is 4.90 Å². The molecule has 10 heteroatoms. The Bertz CT molecular complexity index is 1370. The first kappa shape index (κ1) is 25.5. The van der Waals surface area contributed by atoms with Gasteiger partial charge in [0.25, 0.3) is 11.1 Å². The fourth-order valence-corrected chi connectivity index (χ4v) is 4.26. The number of carbonyl (C=O) groups is 4. The number of carbonyl (C=O) groups excluding carboxylic acids is 3. The lowest BCUT2D eigenvalue weighted by atomic mass is 10.1. The van der Waals surface area contributed by atoms with E-state index in [1.54, 1.807) is 66.7 Å². The van der Waals surface area contributed by atoms with Crippen molar-refractivity contribution >= 4 is 46.5 Å². The molecule has 1 heterocycles. The number of hydrogen-bond donors (Lipinski definition) is 2. The summed E-state index contributed by atoms with van der Waals surface area (Å²) in [4.78, 5) is 49.9. The monoisotopic (exact) mass is 518 g/mol. The van der Waals surface area contributed by atoms with Gasteiger partial charge in [-0.1, -0.05) is 30.3 Å². The number of amides is 3. The van der Waals surface area contributed by atoms with Crippen molar-refractivity contribution in [3.63, 3.8) is 0 Å². The van der Waals surface area contributed by atoms with E-state index in [0.717, 1.165) is 22.2 Å². The van der Waals surface area contributed by atoms with Gasteiger partial charge in [0, 0.05) is 11.3 Å². The lowest BCUT2D eigenvalue weighted by Crippen LogP contribution is -2.36. The predicted molar refractivity (Wildman–Crippen MR) is 138 cm³/mol. The Kier molecular flexibility index (Phi) is 7.89. The number of para-hydroxylation sites is 1. The number of hydrogen-bond acceptors (Lipinski definition) is 7. The molecule has 3 aromatic rings. The molecule has 3 amide bonds. The molecule has 1 aliphatic rings. The first-order valence-corrected chi connectivity index (χ1v) is 11.9. The summed E-state index contributed by atoms with van der Waals surface area (Å²) in [6, 6.07) is 20.0. The van der Waals surface area contributed by atoms with Crippen LogP contribution >= 0.6 is 11.8 Å². The van der Waals surface area contributed by atoms with Crippen LogP contribution in [-0.2, 0) is 16.2 Å². The van der Waals surface area contributed by atoms with E-state index < -0.39 is 29.6 Å². The van der Waals surface area contributed by atoms with E-state index in [9.17, 15) is 19.2 Å². The zero-order valence-corrected chi connectivity index (χ0v) is 20.5. The van der Waals surface area contributed by atoms with Gasteiger partial charge in [-0.05, 0) is 65.9 Å². The molecule has 2 N–H and O–H groups in total. The molecule has 9 nitrogen and oxygen atoms in total. The van der Waals surface area contributed by atoms with Crippen LogP contribution in [0, 0.1) is 0 Å². The first-order chi connectivity index (χ1) is 17.8.